The molecule has 2 fully saturated rings. The summed E-state index contributed by atoms with van der Waals surface area (Å²) in [5, 5.41) is 14.7. The van der Waals surface area contributed by atoms with E-state index in [1.807, 2.05) is 6.07 Å². The van der Waals surface area contributed by atoms with E-state index in [0.717, 1.165) is 32.0 Å². The lowest BCUT2D eigenvalue weighted by Crippen LogP contribution is -2.40. The molecule has 0 aromatic carbocycles. The van der Waals surface area contributed by atoms with Crippen LogP contribution in [0.15, 0.2) is 24.4 Å². The Morgan fingerprint density at radius 2 is 2.00 bits per heavy atom. The van der Waals surface area contributed by atoms with Crippen LogP contribution in [0.1, 0.15) is 25.7 Å². The molecule has 116 valence electrons. The van der Waals surface area contributed by atoms with Crippen molar-refractivity contribution in [2.45, 2.75) is 37.8 Å². The molecular formula is C15H19N5O2. The predicted molar refractivity (Wildman–Crippen MR) is 83.1 cm³/mol. The molecule has 0 spiro atoms. The number of likely N-dealkylation sites (tertiary alicyclic amines) is 1. The zero-order chi connectivity index (χ0) is 15.1. The van der Waals surface area contributed by atoms with E-state index >= 15 is 0 Å². The third kappa shape index (κ3) is 2.41. The standard InChI is InChI=1S/C15H19N5O2/c21-20(22)15-14(17-13-3-1-2-8-19(13)15)16-11-6-9-18(10-7-11)12-4-5-12/h1-3,8,11-12,16H,4-7,9-10H2. The zero-order valence-electron chi connectivity index (χ0n) is 12.3. The average molecular weight is 301 g/mol. The fraction of sp³-hybridized carbons (Fsp3) is 0.533. The first-order chi connectivity index (χ1) is 10.7. The third-order valence-corrected chi connectivity index (χ3v) is 4.61. The number of nitrogens with one attached hydrogen (secondary N) is 1. The first-order valence-corrected chi connectivity index (χ1v) is 7.84. The van der Waals surface area contributed by atoms with Gasteiger partial charge < -0.3 is 20.3 Å². The molecule has 4 rings (SSSR count). The molecule has 0 atom stereocenters. The first-order valence-electron chi connectivity index (χ1n) is 7.84. The van der Waals surface area contributed by atoms with Crippen molar-refractivity contribution < 1.29 is 4.92 Å². The smallest absolute Gasteiger partial charge is 0.360 e. The number of nitrogens with zero attached hydrogens (tertiary/aromatic N) is 4. The average Bonchev–Trinajstić information content (AvgIpc) is 3.29. The maximum atomic E-state index is 11.4. The van der Waals surface area contributed by atoms with Crippen LogP contribution in [0.2, 0.25) is 0 Å². The number of pyridine rings is 1. The summed E-state index contributed by atoms with van der Waals surface area (Å²) in [6, 6.07) is 6.46. The van der Waals surface area contributed by atoms with Gasteiger partial charge in [0.05, 0.1) is 6.20 Å². The monoisotopic (exact) mass is 301 g/mol. The van der Waals surface area contributed by atoms with Gasteiger partial charge >= 0.3 is 5.82 Å². The van der Waals surface area contributed by atoms with E-state index in [0.29, 0.717) is 11.5 Å². The van der Waals surface area contributed by atoms with Crippen LogP contribution in [0.3, 0.4) is 0 Å². The summed E-state index contributed by atoms with van der Waals surface area (Å²) in [6.07, 6.45) is 6.37. The molecule has 0 bridgehead atoms. The third-order valence-electron chi connectivity index (χ3n) is 4.61. The normalized spacial score (nSPS) is 20.4. The summed E-state index contributed by atoms with van der Waals surface area (Å²) in [7, 11) is 0. The number of fused-ring (bicyclic) bond motifs is 1. The van der Waals surface area contributed by atoms with Crippen molar-refractivity contribution in [2.24, 2.45) is 0 Å². The SMILES string of the molecule is O=[N+]([O-])c1c(NC2CCN(C3CC3)CC2)nc2ccccn12. The maximum absolute atomic E-state index is 11.4. The molecule has 2 aromatic rings. The van der Waals surface area contributed by atoms with Crippen LogP contribution in [-0.4, -0.2) is 44.4 Å². The number of aromatic nitrogens is 2. The highest BCUT2D eigenvalue weighted by atomic mass is 16.6. The van der Waals surface area contributed by atoms with Crippen LogP contribution in [0.5, 0.6) is 0 Å². The summed E-state index contributed by atoms with van der Waals surface area (Å²) >= 11 is 0. The first kappa shape index (κ1) is 13.5. The minimum absolute atomic E-state index is 0.0280. The molecule has 0 radical (unpaired) electrons. The van der Waals surface area contributed by atoms with Crippen molar-refractivity contribution >= 4 is 17.3 Å². The molecular weight excluding hydrogens is 282 g/mol. The van der Waals surface area contributed by atoms with Gasteiger partial charge in [0.1, 0.15) is 0 Å². The number of rotatable bonds is 4. The van der Waals surface area contributed by atoms with Gasteiger partial charge in [0.25, 0.3) is 0 Å². The summed E-state index contributed by atoms with van der Waals surface area (Å²) in [6.45, 7) is 2.15. The van der Waals surface area contributed by atoms with E-state index in [4.69, 9.17) is 0 Å². The summed E-state index contributed by atoms with van der Waals surface area (Å²) < 4.78 is 1.53. The summed E-state index contributed by atoms with van der Waals surface area (Å²) in [4.78, 5) is 18.0. The highest BCUT2D eigenvalue weighted by molar-refractivity contribution is 5.62. The van der Waals surface area contributed by atoms with Gasteiger partial charge in [0.2, 0.25) is 11.5 Å². The fourth-order valence-corrected chi connectivity index (χ4v) is 3.30. The Bertz CT molecular complexity index is 701. The topological polar surface area (TPSA) is 75.7 Å². The number of hydrogen-bond donors (Lipinski definition) is 1. The second-order valence-corrected chi connectivity index (χ2v) is 6.16. The van der Waals surface area contributed by atoms with Crippen LogP contribution in [0.4, 0.5) is 11.6 Å². The largest absolute Gasteiger partial charge is 0.372 e. The Morgan fingerprint density at radius 1 is 1.23 bits per heavy atom. The summed E-state index contributed by atoms with van der Waals surface area (Å²) in [5.74, 6) is 0.418. The van der Waals surface area contributed by atoms with Crippen LogP contribution in [0, 0.1) is 10.1 Å². The molecule has 3 heterocycles. The predicted octanol–water partition coefficient (Wildman–Crippen LogP) is 2.28. The molecule has 7 nitrogen and oxygen atoms in total. The van der Waals surface area contributed by atoms with Gasteiger partial charge in [-0.25, -0.2) is 0 Å². The molecule has 1 aliphatic carbocycles. The summed E-state index contributed by atoms with van der Waals surface area (Å²) in [5.41, 5.74) is 0.604. The molecule has 7 heteroatoms. The van der Waals surface area contributed by atoms with Gasteiger partial charge in [-0.2, -0.15) is 9.38 Å². The van der Waals surface area contributed by atoms with Gasteiger partial charge in [0.15, 0.2) is 0 Å². The highest BCUT2D eigenvalue weighted by Gasteiger charge is 2.33. The van der Waals surface area contributed by atoms with E-state index in [1.165, 1.54) is 17.2 Å². The Kier molecular flexibility index (Phi) is 3.22. The second kappa shape index (κ2) is 5.24. The van der Waals surface area contributed by atoms with E-state index in [1.54, 1.807) is 18.3 Å². The minimum Gasteiger partial charge on any atom is -0.360 e. The van der Waals surface area contributed by atoms with Crippen molar-refractivity contribution in [1.29, 1.82) is 0 Å². The Balaban J connectivity index is 1.54. The number of nitro groups is 1. The lowest BCUT2D eigenvalue weighted by Gasteiger charge is -2.32. The van der Waals surface area contributed by atoms with Crippen LogP contribution in [0.25, 0.3) is 5.65 Å². The molecule has 0 unspecified atom stereocenters. The molecule has 0 amide bonds. The van der Waals surface area contributed by atoms with Gasteiger partial charge in [-0.15, -0.1) is 0 Å². The second-order valence-electron chi connectivity index (χ2n) is 6.16. The zero-order valence-corrected chi connectivity index (χ0v) is 12.3. The quantitative estimate of drug-likeness (QED) is 0.692. The highest BCUT2D eigenvalue weighted by Crippen LogP contribution is 2.31. The van der Waals surface area contributed by atoms with Gasteiger partial charge in [-0.05, 0) is 36.7 Å². The Labute approximate surface area is 128 Å². The molecule has 2 aromatic heterocycles. The van der Waals surface area contributed by atoms with Gasteiger partial charge in [-0.1, -0.05) is 6.07 Å². The number of piperidine rings is 1. The minimum atomic E-state index is -0.359. The Hall–Kier alpha value is -2.15. The van der Waals surface area contributed by atoms with Crippen molar-refractivity contribution in [2.75, 3.05) is 18.4 Å². The van der Waals surface area contributed by atoms with Crippen LogP contribution >= 0.6 is 0 Å². The number of imidazole rings is 1. The molecule has 2 aliphatic rings. The Morgan fingerprint density at radius 3 is 2.68 bits per heavy atom. The lowest BCUT2D eigenvalue weighted by atomic mass is 10.1. The molecule has 1 aliphatic heterocycles. The van der Waals surface area contributed by atoms with E-state index < -0.39 is 0 Å². The molecule has 1 N–H and O–H groups in total. The number of anilines is 1. The maximum Gasteiger partial charge on any atom is 0.372 e. The van der Waals surface area contributed by atoms with Crippen molar-refractivity contribution in [3.63, 3.8) is 0 Å². The van der Waals surface area contributed by atoms with E-state index in [-0.39, 0.29) is 16.8 Å². The lowest BCUT2D eigenvalue weighted by molar-refractivity contribution is -0.389. The van der Waals surface area contributed by atoms with Crippen molar-refractivity contribution in [1.82, 2.24) is 14.3 Å². The molecule has 1 saturated heterocycles. The molecule has 1 saturated carbocycles. The van der Waals surface area contributed by atoms with E-state index in [2.05, 4.69) is 15.2 Å². The molecule has 22 heavy (non-hydrogen) atoms. The van der Waals surface area contributed by atoms with Crippen molar-refractivity contribution in [3.05, 3.63) is 34.5 Å². The van der Waals surface area contributed by atoms with Crippen LogP contribution < -0.4 is 5.32 Å². The van der Waals surface area contributed by atoms with Gasteiger partial charge in [-0.3, -0.25) is 0 Å². The van der Waals surface area contributed by atoms with Crippen LogP contribution in [-0.2, 0) is 0 Å². The van der Waals surface area contributed by atoms with E-state index in [9.17, 15) is 10.1 Å². The fourth-order valence-electron chi connectivity index (χ4n) is 3.30. The van der Waals surface area contributed by atoms with Gasteiger partial charge in [0, 0.05) is 31.2 Å². The van der Waals surface area contributed by atoms with Crippen molar-refractivity contribution in [3.8, 4) is 0 Å². The number of hydrogen-bond acceptors (Lipinski definition) is 5.